The zero-order valence-corrected chi connectivity index (χ0v) is 12.5. The van der Waals surface area contributed by atoms with Crippen LogP contribution < -0.4 is 0 Å². The first kappa shape index (κ1) is 17.2. The molecule has 7 nitrogen and oxygen atoms in total. The van der Waals surface area contributed by atoms with Crippen LogP contribution in [0.2, 0.25) is 0 Å². The first-order valence-electron chi connectivity index (χ1n) is 6.67. The Bertz CT molecular complexity index is 482. The molecular formula is C14H21NO6. The first-order valence-corrected chi connectivity index (χ1v) is 6.67. The van der Waals surface area contributed by atoms with Crippen molar-refractivity contribution in [3.05, 3.63) is 23.2 Å². The van der Waals surface area contributed by atoms with E-state index in [1.54, 1.807) is 14.0 Å². The van der Waals surface area contributed by atoms with Crippen molar-refractivity contribution in [2.75, 3.05) is 33.5 Å². The molecule has 0 aliphatic rings. The van der Waals surface area contributed by atoms with Crippen LogP contribution in [0.3, 0.4) is 0 Å². The quantitative estimate of drug-likeness (QED) is 0.691. The molecule has 0 fully saturated rings. The lowest BCUT2D eigenvalue weighted by Gasteiger charge is -2.15. The zero-order valence-electron chi connectivity index (χ0n) is 12.5. The Kier molecular flexibility index (Phi) is 6.90. The lowest BCUT2D eigenvalue weighted by atomic mass is 10.2. The van der Waals surface area contributed by atoms with E-state index in [9.17, 15) is 9.59 Å². The van der Waals surface area contributed by atoms with Crippen LogP contribution in [-0.2, 0) is 20.8 Å². The third-order valence-corrected chi connectivity index (χ3v) is 2.82. The van der Waals surface area contributed by atoms with Crippen molar-refractivity contribution in [2.24, 2.45) is 0 Å². The number of rotatable bonds is 9. The number of carboxylic acids is 1. The smallest absolute Gasteiger partial charge is 0.339 e. The van der Waals surface area contributed by atoms with Gasteiger partial charge in [0.05, 0.1) is 19.8 Å². The van der Waals surface area contributed by atoms with Gasteiger partial charge in [-0.05, 0) is 19.9 Å². The average molecular weight is 299 g/mol. The molecule has 1 aromatic rings. The summed E-state index contributed by atoms with van der Waals surface area (Å²) in [6.07, 6.45) is 0. The number of nitrogens with zero attached hydrogens (tertiary/aromatic N) is 1. The third-order valence-electron chi connectivity index (χ3n) is 2.82. The molecule has 0 aliphatic carbocycles. The van der Waals surface area contributed by atoms with Crippen molar-refractivity contribution in [3.63, 3.8) is 0 Å². The number of carboxylic acid groups (broad SMARTS) is 1. The van der Waals surface area contributed by atoms with Gasteiger partial charge in [0.15, 0.2) is 0 Å². The fourth-order valence-electron chi connectivity index (χ4n) is 1.69. The highest BCUT2D eigenvalue weighted by molar-refractivity contribution is 5.88. The largest absolute Gasteiger partial charge is 0.478 e. The molecule has 1 amide bonds. The highest BCUT2D eigenvalue weighted by Gasteiger charge is 2.16. The molecule has 0 atom stereocenters. The van der Waals surface area contributed by atoms with Crippen molar-refractivity contribution >= 4 is 11.9 Å². The predicted molar refractivity (Wildman–Crippen MR) is 74.2 cm³/mol. The summed E-state index contributed by atoms with van der Waals surface area (Å²) < 4.78 is 15.6. The lowest BCUT2D eigenvalue weighted by Crippen LogP contribution is -2.30. The molecule has 0 radical (unpaired) electrons. The molecule has 0 aromatic carbocycles. The number of carbonyl (C=O) groups is 2. The second-order valence-corrected chi connectivity index (χ2v) is 4.49. The maximum atomic E-state index is 11.8. The molecule has 0 aliphatic heterocycles. The summed E-state index contributed by atoms with van der Waals surface area (Å²) in [7, 11) is 1.60. The minimum absolute atomic E-state index is 0.0466. The number of hydrogen-bond acceptors (Lipinski definition) is 5. The number of furan rings is 1. The van der Waals surface area contributed by atoms with E-state index < -0.39 is 5.97 Å². The van der Waals surface area contributed by atoms with Gasteiger partial charge in [0.25, 0.3) is 0 Å². The highest BCUT2D eigenvalue weighted by atomic mass is 16.5. The van der Waals surface area contributed by atoms with E-state index in [1.807, 2.05) is 6.92 Å². The molecule has 0 unspecified atom stereocenters. The Morgan fingerprint density at radius 3 is 2.57 bits per heavy atom. The molecule has 21 heavy (non-hydrogen) atoms. The van der Waals surface area contributed by atoms with Gasteiger partial charge in [0.1, 0.15) is 23.7 Å². The summed E-state index contributed by atoms with van der Waals surface area (Å²) in [6.45, 7) is 5.03. The Morgan fingerprint density at radius 1 is 1.33 bits per heavy atom. The molecular weight excluding hydrogens is 278 g/mol. The zero-order chi connectivity index (χ0) is 15.8. The van der Waals surface area contributed by atoms with Gasteiger partial charge in [-0.1, -0.05) is 0 Å². The van der Waals surface area contributed by atoms with Gasteiger partial charge < -0.3 is 23.9 Å². The van der Waals surface area contributed by atoms with Crippen molar-refractivity contribution in [3.8, 4) is 0 Å². The Balaban J connectivity index is 2.41. The van der Waals surface area contributed by atoms with E-state index in [2.05, 4.69) is 0 Å². The number of likely N-dealkylation sites (N-methyl/N-ethyl adjacent to an activating group) is 1. The maximum Gasteiger partial charge on any atom is 0.339 e. The molecule has 7 heteroatoms. The first-order chi connectivity index (χ1) is 9.95. The average Bonchev–Trinajstić information content (AvgIpc) is 2.79. The van der Waals surface area contributed by atoms with Crippen LogP contribution in [0.25, 0.3) is 0 Å². The SMILES string of the molecule is CCOCCOCC(=O)N(C)Cc1cc(C(=O)O)c(C)o1. The van der Waals surface area contributed by atoms with Crippen molar-refractivity contribution < 1.29 is 28.6 Å². The summed E-state index contributed by atoms with van der Waals surface area (Å²) in [6, 6.07) is 1.43. The van der Waals surface area contributed by atoms with E-state index in [0.29, 0.717) is 31.3 Å². The van der Waals surface area contributed by atoms with Gasteiger partial charge in [0.2, 0.25) is 5.91 Å². The Labute approximate surface area is 123 Å². The molecule has 1 aromatic heterocycles. The molecule has 0 spiro atoms. The third kappa shape index (κ3) is 5.57. The number of aromatic carboxylic acids is 1. The molecule has 0 bridgehead atoms. The van der Waals surface area contributed by atoms with Gasteiger partial charge in [0, 0.05) is 13.7 Å². The number of hydrogen-bond donors (Lipinski definition) is 1. The van der Waals surface area contributed by atoms with Crippen LogP contribution in [0.5, 0.6) is 0 Å². The molecule has 1 rings (SSSR count). The molecule has 1 N–H and O–H groups in total. The highest BCUT2D eigenvalue weighted by Crippen LogP contribution is 2.16. The second-order valence-electron chi connectivity index (χ2n) is 4.49. The maximum absolute atomic E-state index is 11.8. The van der Waals surface area contributed by atoms with E-state index in [0.717, 1.165) is 0 Å². The van der Waals surface area contributed by atoms with Crippen LogP contribution in [0, 0.1) is 6.92 Å². The lowest BCUT2D eigenvalue weighted by molar-refractivity contribution is -0.136. The van der Waals surface area contributed by atoms with Crippen molar-refractivity contribution in [2.45, 2.75) is 20.4 Å². The van der Waals surface area contributed by atoms with Crippen LogP contribution in [-0.4, -0.2) is 55.4 Å². The second kappa shape index (κ2) is 8.43. The molecule has 118 valence electrons. The Hall–Kier alpha value is -1.86. The van der Waals surface area contributed by atoms with Gasteiger partial charge in [-0.25, -0.2) is 4.79 Å². The minimum atomic E-state index is -1.05. The molecule has 0 saturated carbocycles. The summed E-state index contributed by atoms with van der Waals surface area (Å²) in [5, 5.41) is 8.94. The monoisotopic (exact) mass is 299 g/mol. The number of aryl methyl sites for hydroxylation is 1. The topological polar surface area (TPSA) is 89.2 Å². The summed E-state index contributed by atoms with van der Waals surface area (Å²) >= 11 is 0. The van der Waals surface area contributed by atoms with Gasteiger partial charge in [-0.15, -0.1) is 0 Å². The predicted octanol–water partition coefficient (Wildman–Crippen LogP) is 1.30. The van der Waals surface area contributed by atoms with Crippen molar-refractivity contribution in [1.29, 1.82) is 0 Å². The summed E-state index contributed by atoms with van der Waals surface area (Å²) in [5.41, 5.74) is 0.110. The van der Waals surface area contributed by atoms with Crippen molar-refractivity contribution in [1.82, 2.24) is 4.90 Å². The van der Waals surface area contributed by atoms with Crippen LogP contribution in [0.15, 0.2) is 10.5 Å². The summed E-state index contributed by atoms with van der Waals surface area (Å²) in [4.78, 5) is 24.1. The molecule has 1 heterocycles. The fraction of sp³-hybridized carbons (Fsp3) is 0.571. The number of carbonyl (C=O) groups excluding carboxylic acids is 1. The fourth-order valence-corrected chi connectivity index (χ4v) is 1.69. The molecule has 0 saturated heterocycles. The van der Waals surface area contributed by atoms with E-state index in [1.165, 1.54) is 11.0 Å². The summed E-state index contributed by atoms with van der Waals surface area (Å²) in [5.74, 6) is -0.505. The number of amides is 1. The van der Waals surface area contributed by atoms with Crippen LogP contribution in [0.1, 0.15) is 28.8 Å². The van der Waals surface area contributed by atoms with Crippen LogP contribution >= 0.6 is 0 Å². The van der Waals surface area contributed by atoms with E-state index >= 15 is 0 Å². The van der Waals surface area contributed by atoms with Crippen LogP contribution in [0.4, 0.5) is 0 Å². The van der Waals surface area contributed by atoms with Gasteiger partial charge in [-0.2, -0.15) is 0 Å². The Morgan fingerprint density at radius 2 is 2.00 bits per heavy atom. The minimum Gasteiger partial charge on any atom is -0.478 e. The van der Waals surface area contributed by atoms with Gasteiger partial charge >= 0.3 is 5.97 Å². The van der Waals surface area contributed by atoms with E-state index in [-0.39, 0.29) is 24.6 Å². The normalized spacial score (nSPS) is 10.6. The standard InChI is InChI=1S/C14H21NO6/c1-4-19-5-6-20-9-13(16)15(3)8-11-7-12(14(17)18)10(2)21-11/h7H,4-6,8-9H2,1-3H3,(H,17,18). The van der Waals surface area contributed by atoms with Gasteiger partial charge in [-0.3, -0.25) is 4.79 Å². The van der Waals surface area contributed by atoms with E-state index in [4.69, 9.17) is 19.0 Å². The number of ether oxygens (including phenoxy) is 2.